The van der Waals surface area contributed by atoms with Gasteiger partial charge >= 0.3 is 17.9 Å². The van der Waals surface area contributed by atoms with Gasteiger partial charge in [0.1, 0.15) is 12.7 Å². The minimum absolute atomic E-state index is 0.170. The highest BCUT2D eigenvalue weighted by atomic mass is 16.6. The molecule has 0 aromatic carbocycles. The number of hydrogen-bond donors (Lipinski definition) is 2. The van der Waals surface area contributed by atoms with E-state index in [9.17, 15) is 14.4 Å². The largest absolute Gasteiger partial charge is 0.459 e. The first kappa shape index (κ1) is 31.3. The van der Waals surface area contributed by atoms with E-state index in [4.69, 9.17) is 14.9 Å². The van der Waals surface area contributed by atoms with Crippen molar-refractivity contribution in [3.05, 3.63) is 12.2 Å². The molecule has 7 nitrogen and oxygen atoms in total. The monoisotopic (exact) mass is 470 g/mol. The summed E-state index contributed by atoms with van der Waals surface area (Å²) in [6, 6.07) is 0. The van der Waals surface area contributed by atoms with Crippen LogP contribution >= 0.6 is 0 Å². The first-order chi connectivity index (χ1) is 15.9. The van der Waals surface area contributed by atoms with Crippen molar-refractivity contribution in [1.82, 2.24) is 0 Å². The van der Waals surface area contributed by atoms with Crippen LogP contribution in [0.3, 0.4) is 0 Å². The van der Waals surface area contributed by atoms with Gasteiger partial charge < -0.3 is 19.7 Å². The molecule has 0 aromatic rings. The smallest absolute Gasteiger partial charge is 0.334 e. The first-order valence-electron chi connectivity index (χ1n) is 12.8. The number of carbonyl (C=O) groups is 3. The van der Waals surface area contributed by atoms with Gasteiger partial charge in [-0.3, -0.25) is 9.59 Å². The van der Waals surface area contributed by atoms with Crippen LogP contribution in [0.15, 0.2) is 12.2 Å². The number of unbranched alkanes of at least 4 members (excludes halogenated alkanes) is 14. The molecule has 1 atom stereocenters. The van der Waals surface area contributed by atoms with Gasteiger partial charge in [-0.15, -0.1) is 0 Å². The van der Waals surface area contributed by atoms with E-state index in [0.29, 0.717) is 6.42 Å². The second kappa shape index (κ2) is 22.1. The maximum Gasteiger partial charge on any atom is 0.334 e. The number of aliphatic hydroxyl groups is 2. The normalized spacial score (nSPS) is 11.7. The van der Waals surface area contributed by atoms with Gasteiger partial charge in [0.05, 0.1) is 13.0 Å². The Bertz CT molecular complexity index is 545. The van der Waals surface area contributed by atoms with E-state index >= 15 is 0 Å². The molecule has 1 unspecified atom stereocenters. The van der Waals surface area contributed by atoms with Crippen molar-refractivity contribution in [2.24, 2.45) is 0 Å². The quantitative estimate of drug-likeness (QED) is 0.0973. The van der Waals surface area contributed by atoms with Crippen molar-refractivity contribution in [2.45, 2.75) is 122 Å². The van der Waals surface area contributed by atoms with E-state index in [1.807, 2.05) is 0 Å². The maximum atomic E-state index is 11.7. The molecule has 0 aromatic heterocycles. The lowest BCUT2D eigenvalue weighted by Crippen LogP contribution is -2.23. The van der Waals surface area contributed by atoms with Crippen LogP contribution in [-0.2, 0) is 23.9 Å². The minimum Gasteiger partial charge on any atom is -0.459 e. The fourth-order valence-electron chi connectivity index (χ4n) is 3.43. The van der Waals surface area contributed by atoms with Gasteiger partial charge in [0.15, 0.2) is 0 Å². The van der Waals surface area contributed by atoms with Crippen LogP contribution in [0.4, 0.5) is 0 Å². The third-order valence-electron chi connectivity index (χ3n) is 5.48. The Balaban J connectivity index is 3.55. The zero-order valence-corrected chi connectivity index (χ0v) is 20.7. The highest BCUT2D eigenvalue weighted by Gasteiger charge is 2.18. The molecule has 2 N–H and O–H groups in total. The van der Waals surface area contributed by atoms with E-state index in [1.165, 1.54) is 70.6 Å². The Morgan fingerprint density at radius 3 is 1.67 bits per heavy atom. The van der Waals surface area contributed by atoms with Gasteiger partial charge in [0.2, 0.25) is 0 Å². The maximum absolute atomic E-state index is 11.7. The summed E-state index contributed by atoms with van der Waals surface area (Å²) >= 11 is 0. The fourth-order valence-corrected chi connectivity index (χ4v) is 3.43. The van der Waals surface area contributed by atoms with Crippen molar-refractivity contribution in [1.29, 1.82) is 0 Å². The molecule has 0 amide bonds. The summed E-state index contributed by atoms with van der Waals surface area (Å²) in [6.07, 6.45) is 17.1. The van der Waals surface area contributed by atoms with Gasteiger partial charge in [-0.05, 0) is 6.42 Å². The van der Waals surface area contributed by atoms with Crippen molar-refractivity contribution < 1.29 is 34.1 Å². The van der Waals surface area contributed by atoms with Gasteiger partial charge in [0, 0.05) is 12.0 Å². The third-order valence-corrected chi connectivity index (χ3v) is 5.48. The predicted octanol–water partition coefficient (Wildman–Crippen LogP) is 5.16. The summed E-state index contributed by atoms with van der Waals surface area (Å²) in [5.74, 6) is -2.34. The van der Waals surface area contributed by atoms with Crippen LogP contribution in [0.5, 0.6) is 0 Å². The van der Waals surface area contributed by atoms with Crippen LogP contribution in [0.2, 0.25) is 0 Å². The van der Waals surface area contributed by atoms with E-state index in [2.05, 4.69) is 18.2 Å². The van der Waals surface area contributed by atoms with Crippen molar-refractivity contribution in [2.75, 3.05) is 13.2 Å². The molecule has 0 heterocycles. The summed E-state index contributed by atoms with van der Waals surface area (Å²) in [6.45, 7) is 4.72. The Morgan fingerprint density at radius 1 is 0.758 bits per heavy atom. The van der Waals surface area contributed by atoms with Crippen LogP contribution in [0, 0.1) is 0 Å². The first-order valence-corrected chi connectivity index (χ1v) is 12.8. The lowest BCUT2D eigenvalue weighted by molar-refractivity contribution is -0.160. The number of ether oxygens (including phenoxy) is 2. The summed E-state index contributed by atoms with van der Waals surface area (Å²) in [4.78, 5) is 35.1. The van der Waals surface area contributed by atoms with E-state index in [0.717, 1.165) is 19.3 Å². The van der Waals surface area contributed by atoms with E-state index in [1.54, 1.807) is 0 Å². The number of rotatable bonds is 22. The molecule has 0 saturated carbocycles. The molecular weight excluding hydrogens is 424 g/mol. The predicted molar refractivity (Wildman–Crippen MR) is 128 cm³/mol. The average Bonchev–Trinajstić information content (AvgIpc) is 2.79. The molecule has 0 fully saturated rings. The number of hydrogen-bond acceptors (Lipinski definition) is 7. The van der Waals surface area contributed by atoms with E-state index < -0.39 is 43.6 Å². The highest BCUT2D eigenvalue weighted by molar-refractivity contribution is 5.95. The lowest BCUT2D eigenvalue weighted by Gasteiger charge is -2.09. The third kappa shape index (κ3) is 20.6. The molecule has 33 heavy (non-hydrogen) atoms. The molecule has 0 aliphatic heterocycles. The van der Waals surface area contributed by atoms with Gasteiger partial charge in [0.25, 0.3) is 0 Å². The Labute approximate surface area is 199 Å². The summed E-state index contributed by atoms with van der Waals surface area (Å²) in [5.41, 5.74) is -0.176. The molecule has 0 rings (SSSR count). The Kier molecular flexibility index (Phi) is 20.9. The zero-order valence-electron chi connectivity index (χ0n) is 20.7. The summed E-state index contributed by atoms with van der Waals surface area (Å²) in [5, 5.41) is 17.8. The zero-order chi connectivity index (χ0) is 24.7. The van der Waals surface area contributed by atoms with Gasteiger partial charge in [-0.25, -0.2) is 4.79 Å². The average molecular weight is 471 g/mol. The van der Waals surface area contributed by atoms with Gasteiger partial charge in [-0.1, -0.05) is 103 Å². The molecule has 0 saturated heterocycles. The Morgan fingerprint density at radius 2 is 1.21 bits per heavy atom. The molecule has 0 aliphatic rings. The molecule has 7 heteroatoms. The molecule has 0 aliphatic carbocycles. The lowest BCUT2D eigenvalue weighted by atomic mass is 10.0. The minimum atomic E-state index is -1.19. The van der Waals surface area contributed by atoms with Crippen LogP contribution in [-0.4, -0.2) is 47.4 Å². The highest BCUT2D eigenvalue weighted by Crippen LogP contribution is 2.14. The van der Waals surface area contributed by atoms with Crippen LogP contribution < -0.4 is 0 Å². The number of aliphatic hydroxyl groups excluding tert-OH is 2. The van der Waals surface area contributed by atoms with Crippen LogP contribution in [0.25, 0.3) is 0 Å². The summed E-state index contributed by atoms with van der Waals surface area (Å²) in [7, 11) is 0. The van der Waals surface area contributed by atoms with Crippen molar-refractivity contribution in [3.8, 4) is 0 Å². The molecular formula is C26H46O7. The molecule has 0 bridgehead atoms. The number of esters is 3. The molecule has 0 radical (unpaired) electrons. The standard InChI is InChI=1S/C26H46O7/c1-3-4-5-6-7-8-9-10-11-12-13-14-15-16-17-18-24(29)33-25(30)19-22(2)26(31)32-21-23(28)20-27/h23,27-28H,2-21H2,1H3. The molecule has 192 valence electrons. The topological polar surface area (TPSA) is 110 Å². The van der Waals surface area contributed by atoms with Crippen LogP contribution in [0.1, 0.15) is 116 Å². The second-order valence-corrected chi connectivity index (χ2v) is 8.76. The van der Waals surface area contributed by atoms with Gasteiger partial charge in [-0.2, -0.15) is 0 Å². The SMILES string of the molecule is C=C(CC(=O)OC(=O)CCCCCCCCCCCCCCCCC)C(=O)OCC(O)CO. The van der Waals surface area contributed by atoms with E-state index in [-0.39, 0.29) is 12.0 Å². The second-order valence-electron chi connectivity index (χ2n) is 8.76. The number of carbonyl (C=O) groups excluding carboxylic acids is 3. The Hall–Kier alpha value is -1.73. The van der Waals surface area contributed by atoms with Crippen molar-refractivity contribution in [3.63, 3.8) is 0 Å². The van der Waals surface area contributed by atoms with Crippen molar-refractivity contribution >= 4 is 17.9 Å². The summed E-state index contributed by atoms with van der Waals surface area (Å²) < 4.78 is 9.38. The molecule has 0 spiro atoms. The fraction of sp³-hybridized carbons (Fsp3) is 0.808.